The number of hydrogen-bond acceptors (Lipinski definition) is 4. The molecule has 1 aliphatic heterocycles. The third-order valence-electron chi connectivity index (χ3n) is 4.51. The third kappa shape index (κ3) is 3.53. The zero-order valence-electron chi connectivity index (χ0n) is 15.1. The SMILES string of the molecule is COc1ccc(S(=O)(=O)Nc2ccc3c(c2)N(C(C)=O)CCC3)cc1C. The molecule has 1 amide bonds. The molecule has 0 atom stereocenters. The maximum atomic E-state index is 12.7. The first-order valence-electron chi connectivity index (χ1n) is 8.40. The van der Waals surface area contributed by atoms with Gasteiger partial charge < -0.3 is 9.64 Å². The van der Waals surface area contributed by atoms with Crippen LogP contribution in [0.3, 0.4) is 0 Å². The van der Waals surface area contributed by atoms with E-state index in [-0.39, 0.29) is 10.8 Å². The zero-order valence-corrected chi connectivity index (χ0v) is 15.9. The molecule has 7 heteroatoms. The van der Waals surface area contributed by atoms with E-state index in [1.807, 2.05) is 6.07 Å². The van der Waals surface area contributed by atoms with E-state index < -0.39 is 10.0 Å². The molecule has 26 heavy (non-hydrogen) atoms. The van der Waals surface area contributed by atoms with Crippen molar-refractivity contribution in [1.29, 1.82) is 0 Å². The van der Waals surface area contributed by atoms with Crippen LogP contribution in [0, 0.1) is 6.92 Å². The fourth-order valence-corrected chi connectivity index (χ4v) is 4.33. The summed E-state index contributed by atoms with van der Waals surface area (Å²) in [4.78, 5) is 13.7. The van der Waals surface area contributed by atoms with Crippen LogP contribution in [-0.4, -0.2) is 28.0 Å². The number of amides is 1. The van der Waals surface area contributed by atoms with Crippen molar-refractivity contribution in [2.45, 2.75) is 31.6 Å². The molecule has 0 bridgehead atoms. The van der Waals surface area contributed by atoms with Crippen molar-refractivity contribution in [2.24, 2.45) is 0 Å². The van der Waals surface area contributed by atoms with Gasteiger partial charge in [0.05, 0.1) is 17.7 Å². The number of fused-ring (bicyclic) bond motifs is 1. The Morgan fingerprint density at radius 3 is 2.62 bits per heavy atom. The molecule has 0 aliphatic carbocycles. The molecule has 1 heterocycles. The number of nitrogens with one attached hydrogen (secondary N) is 1. The van der Waals surface area contributed by atoms with E-state index in [0.29, 0.717) is 18.0 Å². The van der Waals surface area contributed by atoms with Crippen LogP contribution >= 0.6 is 0 Å². The minimum Gasteiger partial charge on any atom is -0.496 e. The molecule has 0 saturated heterocycles. The molecule has 1 N–H and O–H groups in total. The molecule has 0 unspecified atom stereocenters. The Kier molecular flexibility index (Phi) is 4.91. The summed E-state index contributed by atoms with van der Waals surface area (Å²) >= 11 is 0. The molecule has 138 valence electrons. The summed E-state index contributed by atoms with van der Waals surface area (Å²) in [6, 6.07) is 10.0. The fraction of sp³-hybridized carbons (Fsp3) is 0.316. The summed E-state index contributed by atoms with van der Waals surface area (Å²) in [5, 5.41) is 0. The van der Waals surface area contributed by atoms with Gasteiger partial charge in [0, 0.05) is 19.2 Å². The largest absolute Gasteiger partial charge is 0.496 e. The van der Waals surface area contributed by atoms with E-state index in [2.05, 4.69) is 4.72 Å². The number of carbonyl (C=O) groups is 1. The maximum Gasteiger partial charge on any atom is 0.261 e. The highest BCUT2D eigenvalue weighted by molar-refractivity contribution is 7.92. The molecule has 0 spiro atoms. The van der Waals surface area contributed by atoms with Gasteiger partial charge in [0.1, 0.15) is 5.75 Å². The normalized spacial score (nSPS) is 13.9. The second kappa shape index (κ2) is 6.99. The van der Waals surface area contributed by atoms with Crippen LogP contribution in [0.2, 0.25) is 0 Å². The van der Waals surface area contributed by atoms with Gasteiger partial charge in [-0.1, -0.05) is 6.07 Å². The second-order valence-corrected chi connectivity index (χ2v) is 8.04. The third-order valence-corrected chi connectivity index (χ3v) is 5.89. The lowest BCUT2D eigenvalue weighted by Gasteiger charge is -2.29. The molecule has 0 radical (unpaired) electrons. The number of nitrogens with zero attached hydrogens (tertiary/aromatic N) is 1. The van der Waals surface area contributed by atoms with Gasteiger partial charge in [-0.2, -0.15) is 0 Å². The number of aryl methyl sites for hydroxylation is 2. The standard InChI is InChI=1S/C19H22N2O4S/c1-13-11-17(8-9-19(13)25-3)26(23,24)20-16-7-6-15-5-4-10-21(14(2)22)18(15)12-16/h6-9,11-12,20H,4-5,10H2,1-3H3. The molecule has 1 aliphatic rings. The Bertz CT molecular complexity index is 954. The van der Waals surface area contributed by atoms with Crippen LogP contribution in [0.25, 0.3) is 0 Å². The van der Waals surface area contributed by atoms with E-state index in [0.717, 1.165) is 29.7 Å². The van der Waals surface area contributed by atoms with Gasteiger partial charge in [-0.3, -0.25) is 9.52 Å². The number of sulfonamides is 1. The van der Waals surface area contributed by atoms with Crippen LogP contribution in [0.1, 0.15) is 24.5 Å². The summed E-state index contributed by atoms with van der Waals surface area (Å²) in [6.45, 7) is 3.96. The van der Waals surface area contributed by atoms with Crippen molar-refractivity contribution in [3.8, 4) is 5.75 Å². The predicted octanol–water partition coefficient (Wildman–Crippen LogP) is 3.10. The lowest BCUT2D eigenvalue weighted by atomic mass is 10.0. The maximum absolute atomic E-state index is 12.7. The van der Waals surface area contributed by atoms with Gasteiger partial charge in [-0.25, -0.2) is 8.42 Å². The highest BCUT2D eigenvalue weighted by Crippen LogP contribution is 2.31. The van der Waals surface area contributed by atoms with Gasteiger partial charge >= 0.3 is 0 Å². The number of benzene rings is 2. The average Bonchev–Trinajstić information content (AvgIpc) is 2.60. The Hall–Kier alpha value is -2.54. The Labute approximate surface area is 153 Å². The van der Waals surface area contributed by atoms with E-state index >= 15 is 0 Å². The van der Waals surface area contributed by atoms with Gasteiger partial charge in [0.2, 0.25) is 5.91 Å². The predicted molar refractivity (Wildman–Crippen MR) is 101 cm³/mol. The van der Waals surface area contributed by atoms with Crippen molar-refractivity contribution in [2.75, 3.05) is 23.3 Å². The zero-order chi connectivity index (χ0) is 18.9. The van der Waals surface area contributed by atoms with Crippen LogP contribution in [0.5, 0.6) is 5.75 Å². The number of methoxy groups -OCH3 is 1. The van der Waals surface area contributed by atoms with E-state index in [1.165, 1.54) is 13.0 Å². The molecule has 2 aromatic carbocycles. The molecule has 0 saturated carbocycles. The van der Waals surface area contributed by atoms with Crippen LogP contribution in [0.4, 0.5) is 11.4 Å². The summed E-state index contributed by atoms with van der Waals surface area (Å²) in [7, 11) is -2.19. The first-order valence-corrected chi connectivity index (χ1v) is 9.88. The Morgan fingerprint density at radius 2 is 1.96 bits per heavy atom. The highest BCUT2D eigenvalue weighted by Gasteiger charge is 2.22. The number of carbonyl (C=O) groups excluding carboxylic acids is 1. The first-order chi connectivity index (χ1) is 12.3. The summed E-state index contributed by atoms with van der Waals surface area (Å²) in [5.74, 6) is 0.589. The summed E-state index contributed by atoms with van der Waals surface area (Å²) < 4.78 is 33.2. The van der Waals surface area contributed by atoms with E-state index in [9.17, 15) is 13.2 Å². The number of hydrogen-bond donors (Lipinski definition) is 1. The van der Waals surface area contributed by atoms with Crippen molar-refractivity contribution in [3.63, 3.8) is 0 Å². The van der Waals surface area contributed by atoms with Gasteiger partial charge in [0.25, 0.3) is 10.0 Å². The molecule has 2 aromatic rings. The Morgan fingerprint density at radius 1 is 1.19 bits per heavy atom. The van der Waals surface area contributed by atoms with Crippen molar-refractivity contribution < 1.29 is 17.9 Å². The first kappa shape index (κ1) is 18.3. The summed E-state index contributed by atoms with van der Waals surface area (Å²) in [6.07, 6.45) is 1.78. The molecular weight excluding hydrogens is 352 g/mol. The molecule has 0 aromatic heterocycles. The highest BCUT2D eigenvalue weighted by atomic mass is 32.2. The average molecular weight is 374 g/mol. The van der Waals surface area contributed by atoms with Crippen molar-refractivity contribution >= 4 is 27.3 Å². The van der Waals surface area contributed by atoms with Crippen molar-refractivity contribution in [1.82, 2.24) is 0 Å². The fourth-order valence-electron chi connectivity index (χ4n) is 3.20. The van der Waals surface area contributed by atoms with E-state index in [4.69, 9.17) is 4.74 Å². The van der Waals surface area contributed by atoms with E-state index in [1.54, 1.807) is 43.2 Å². The summed E-state index contributed by atoms with van der Waals surface area (Å²) in [5.41, 5.74) is 3.00. The van der Waals surface area contributed by atoms with Crippen molar-refractivity contribution in [3.05, 3.63) is 47.5 Å². The molecule has 0 fully saturated rings. The topological polar surface area (TPSA) is 75.7 Å². The molecule has 3 rings (SSSR count). The van der Waals surface area contributed by atoms with Gasteiger partial charge in [-0.05, 0) is 61.2 Å². The van der Waals surface area contributed by atoms with Gasteiger partial charge in [0.15, 0.2) is 0 Å². The smallest absolute Gasteiger partial charge is 0.261 e. The van der Waals surface area contributed by atoms with Crippen LogP contribution < -0.4 is 14.4 Å². The lowest BCUT2D eigenvalue weighted by Crippen LogP contribution is -2.33. The Balaban J connectivity index is 1.92. The number of anilines is 2. The monoisotopic (exact) mass is 374 g/mol. The van der Waals surface area contributed by atoms with Crippen LogP contribution in [-0.2, 0) is 21.2 Å². The number of rotatable bonds is 4. The minimum absolute atomic E-state index is 0.0447. The quantitative estimate of drug-likeness (QED) is 0.892. The second-order valence-electron chi connectivity index (χ2n) is 6.35. The van der Waals surface area contributed by atoms with Crippen LogP contribution in [0.15, 0.2) is 41.3 Å². The van der Waals surface area contributed by atoms with Gasteiger partial charge in [-0.15, -0.1) is 0 Å². The number of ether oxygens (including phenoxy) is 1. The lowest BCUT2D eigenvalue weighted by molar-refractivity contribution is -0.116. The molecular formula is C19H22N2O4S. The minimum atomic E-state index is -3.73. The molecule has 6 nitrogen and oxygen atoms in total.